The van der Waals surface area contributed by atoms with Gasteiger partial charge in [0.1, 0.15) is 0 Å². The van der Waals surface area contributed by atoms with Gasteiger partial charge < -0.3 is 15.0 Å². The molecule has 1 aromatic rings. The SMILES string of the molecule is CCC(CC)C(CNC(=O)N1CCC(NS(=O)(=O)c2ccccc2)CC1)N1CCOCC1. The molecular weight excluding hydrogens is 428 g/mol. The van der Waals surface area contributed by atoms with Gasteiger partial charge in [-0.2, -0.15) is 0 Å². The number of hydrogen-bond donors (Lipinski definition) is 2. The standard InChI is InChI=1S/C23H38N4O4S/c1-3-19(4-2)22(26-14-16-31-17-15-26)18-24-23(28)27-12-10-20(11-13-27)25-32(29,30)21-8-6-5-7-9-21/h5-9,19-20,22,25H,3-4,10-18H2,1-2H3,(H,24,28). The van der Waals surface area contributed by atoms with E-state index in [0.29, 0.717) is 44.4 Å². The van der Waals surface area contributed by atoms with Gasteiger partial charge in [-0.15, -0.1) is 0 Å². The first-order chi connectivity index (χ1) is 15.4. The molecule has 0 aliphatic carbocycles. The summed E-state index contributed by atoms with van der Waals surface area (Å²) in [6, 6.07) is 8.51. The van der Waals surface area contributed by atoms with Crippen molar-refractivity contribution in [2.24, 2.45) is 5.92 Å². The second-order valence-electron chi connectivity index (χ2n) is 8.67. The van der Waals surface area contributed by atoms with Crippen molar-refractivity contribution in [3.8, 4) is 0 Å². The maximum atomic E-state index is 12.8. The van der Waals surface area contributed by atoms with Crippen LogP contribution in [0.3, 0.4) is 0 Å². The number of piperidine rings is 1. The van der Waals surface area contributed by atoms with Crippen LogP contribution in [0, 0.1) is 5.92 Å². The van der Waals surface area contributed by atoms with Gasteiger partial charge in [-0.3, -0.25) is 4.90 Å². The van der Waals surface area contributed by atoms with Crippen LogP contribution < -0.4 is 10.0 Å². The first kappa shape index (κ1) is 25.0. The van der Waals surface area contributed by atoms with Crippen LogP contribution in [-0.4, -0.2) is 82.3 Å². The van der Waals surface area contributed by atoms with E-state index in [-0.39, 0.29) is 17.0 Å². The molecule has 1 unspecified atom stereocenters. The molecule has 8 nitrogen and oxygen atoms in total. The predicted octanol–water partition coefficient (Wildman–Crippen LogP) is 2.28. The van der Waals surface area contributed by atoms with E-state index in [0.717, 1.165) is 39.1 Å². The lowest BCUT2D eigenvalue weighted by Crippen LogP contribution is -2.55. The Kier molecular flexibility index (Phi) is 9.34. The fourth-order valence-corrected chi connectivity index (χ4v) is 6.05. The van der Waals surface area contributed by atoms with Crippen molar-refractivity contribution in [1.29, 1.82) is 0 Å². The van der Waals surface area contributed by atoms with E-state index < -0.39 is 10.0 Å². The van der Waals surface area contributed by atoms with Crippen LogP contribution >= 0.6 is 0 Å². The summed E-state index contributed by atoms with van der Waals surface area (Å²) in [7, 11) is -3.53. The highest BCUT2D eigenvalue weighted by Gasteiger charge is 2.30. The number of benzene rings is 1. The van der Waals surface area contributed by atoms with Gasteiger partial charge in [-0.1, -0.05) is 44.9 Å². The van der Waals surface area contributed by atoms with Crippen molar-refractivity contribution in [3.63, 3.8) is 0 Å². The number of sulfonamides is 1. The topological polar surface area (TPSA) is 91.0 Å². The normalized spacial score (nSPS) is 19.8. The van der Waals surface area contributed by atoms with Gasteiger partial charge in [0.25, 0.3) is 0 Å². The van der Waals surface area contributed by atoms with E-state index in [4.69, 9.17) is 4.74 Å². The number of ether oxygens (including phenoxy) is 1. The number of carbonyl (C=O) groups excluding carboxylic acids is 1. The third-order valence-corrected chi connectivity index (χ3v) is 8.26. The van der Waals surface area contributed by atoms with Crippen molar-refractivity contribution in [1.82, 2.24) is 19.8 Å². The van der Waals surface area contributed by atoms with E-state index in [9.17, 15) is 13.2 Å². The molecule has 180 valence electrons. The molecule has 3 rings (SSSR count). The molecule has 0 aromatic heterocycles. The molecular formula is C23H38N4O4S. The van der Waals surface area contributed by atoms with E-state index in [1.807, 2.05) is 0 Å². The maximum absolute atomic E-state index is 12.8. The van der Waals surface area contributed by atoms with Crippen molar-refractivity contribution < 1.29 is 17.9 Å². The number of likely N-dealkylation sites (tertiary alicyclic amines) is 1. The van der Waals surface area contributed by atoms with Crippen molar-refractivity contribution in [2.45, 2.75) is 56.5 Å². The molecule has 1 atom stereocenters. The molecule has 2 aliphatic rings. The zero-order valence-corrected chi connectivity index (χ0v) is 20.1. The van der Waals surface area contributed by atoms with Crippen molar-refractivity contribution >= 4 is 16.1 Å². The number of nitrogens with one attached hydrogen (secondary N) is 2. The molecule has 2 aliphatic heterocycles. The van der Waals surface area contributed by atoms with Gasteiger partial charge >= 0.3 is 6.03 Å². The predicted molar refractivity (Wildman–Crippen MR) is 125 cm³/mol. The number of morpholine rings is 1. The molecule has 0 radical (unpaired) electrons. The van der Waals surface area contributed by atoms with Crippen LogP contribution in [0.4, 0.5) is 4.79 Å². The molecule has 2 N–H and O–H groups in total. The highest BCUT2D eigenvalue weighted by Crippen LogP contribution is 2.20. The molecule has 0 bridgehead atoms. The molecule has 2 fully saturated rings. The summed E-state index contributed by atoms with van der Waals surface area (Å²) in [5.74, 6) is 0.534. The van der Waals surface area contributed by atoms with Crippen LogP contribution in [0.25, 0.3) is 0 Å². The number of amides is 2. The first-order valence-electron chi connectivity index (χ1n) is 11.9. The fraction of sp³-hybridized carbons (Fsp3) is 0.696. The molecule has 1 aromatic carbocycles. The lowest BCUT2D eigenvalue weighted by molar-refractivity contribution is 0.00206. The van der Waals surface area contributed by atoms with Gasteiger partial charge in [0.05, 0.1) is 18.1 Å². The first-order valence-corrected chi connectivity index (χ1v) is 13.3. The van der Waals surface area contributed by atoms with E-state index in [1.54, 1.807) is 35.2 Å². The summed E-state index contributed by atoms with van der Waals surface area (Å²) in [6.07, 6.45) is 3.39. The second kappa shape index (κ2) is 12.0. The Hall–Kier alpha value is -1.68. The summed E-state index contributed by atoms with van der Waals surface area (Å²) < 4.78 is 33.4. The number of urea groups is 1. The lowest BCUT2D eigenvalue weighted by Gasteiger charge is -2.39. The van der Waals surface area contributed by atoms with Crippen LogP contribution in [0.1, 0.15) is 39.5 Å². The van der Waals surface area contributed by atoms with Crippen LogP contribution in [0.2, 0.25) is 0 Å². The number of rotatable bonds is 9. The van der Waals surface area contributed by atoms with Gasteiger partial charge in [-0.25, -0.2) is 17.9 Å². The van der Waals surface area contributed by atoms with E-state index in [1.165, 1.54) is 0 Å². The highest BCUT2D eigenvalue weighted by atomic mass is 32.2. The average Bonchev–Trinajstić information content (AvgIpc) is 2.83. The molecule has 2 heterocycles. The zero-order chi connectivity index (χ0) is 23.0. The number of carbonyl (C=O) groups is 1. The summed E-state index contributed by atoms with van der Waals surface area (Å²) in [6.45, 7) is 9.45. The monoisotopic (exact) mass is 466 g/mol. The molecule has 32 heavy (non-hydrogen) atoms. The molecule has 0 spiro atoms. The van der Waals surface area contributed by atoms with Crippen LogP contribution in [0.5, 0.6) is 0 Å². The minimum absolute atomic E-state index is 0.0569. The lowest BCUT2D eigenvalue weighted by atomic mass is 9.92. The van der Waals surface area contributed by atoms with Gasteiger partial charge in [0.2, 0.25) is 10.0 Å². The molecule has 2 saturated heterocycles. The third kappa shape index (κ3) is 6.66. The van der Waals surface area contributed by atoms with Crippen molar-refractivity contribution in [3.05, 3.63) is 30.3 Å². The summed E-state index contributed by atoms with van der Waals surface area (Å²) in [4.78, 5) is 17.4. The Balaban J connectivity index is 1.49. The van der Waals surface area contributed by atoms with Gasteiger partial charge in [-0.05, 0) is 30.9 Å². The van der Waals surface area contributed by atoms with E-state index >= 15 is 0 Å². The van der Waals surface area contributed by atoms with Crippen LogP contribution in [0.15, 0.2) is 35.2 Å². The Morgan fingerprint density at radius 3 is 2.28 bits per heavy atom. The Morgan fingerprint density at radius 1 is 1.06 bits per heavy atom. The largest absolute Gasteiger partial charge is 0.379 e. The summed E-state index contributed by atoms with van der Waals surface area (Å²) in [5.41, 5.74) is 0. The van der Waals surface area contributed by atoms with Crippen molar-refractivity contribution in [2.75, 3.05) is 45.9 Å². The highest BCUT2D eigenvalue weighted by molar-refractivity contribution is 7.89. The summed E-state index contributed by atoms with van der Waals surface area (Å²) in [5, 5.41) is 3.15. The third-order valence-electron chi connectivity index (χ3n) is 6.73. The average molecular weight is 467 g/mol. The Labute approximate surface area is 192 Å². The molecule has 2 amide bonds. The van der Waals surface area contributed by atoms with Gasteiger partial charge in [0, 0.05) is 44.8 Å². The minimum atomic E-state index is -3.53. The number of nitrogens with zero attached hydrogens (tertiary/aromatic N) is 2. The van der Waals surface area contributed by atoms with Crippen LogP contribution in [-0.2, 0) is 14.8 Å². The maximum Gasteiger partial charge on any atom is 0.317 e. The van der Waals surface area contributed by atoms with E-state index in [2.05, 4.69) is 28.8 Å². The Morgan fingerprint density at radius 2 is 1.69 bits per heavy atom. The summed E-state index contributed by atoms with van der Waals surface area (Å²) >= 11 is 0. The minimum Gasteiger partial charge on any atom is -0.379 e. The second-order valence-corrected chi connectivity index (χ2v) is 10.4. The zero-order valence-electron chi connectivity index (χ0n) is 19.3. The van der Waals surface area contributed by atoms with Gasteiger partial charge in [0.15, 0.2) is 0 Å². The number of hydrogen-bond acceptors (Lipinski definition) is 5. The Bertz CT molecular complexity index is 803. The fourth-order valence-electron chi connectivity index (χ4n) is 4.73. The molecule has 9 heteroatoms. The smallest absolute Gasteiger partial charge is 0.317 e. The quantitative estimate of drug-likeness (QED) is 0.583. The molecule has 0 saturated carbocycles.